The molecule has 0 saturated carbocycles. The van der Waals surface area contributed by atoms with E-state index in [0.29, 0.717) is 0 Å². The van der Waals surface area contributed by atoms with Crippen LogP contribution in [0.15, 0.2) is 48.5 Å². The average molecular weight is 351 g/mol. The normalized spacial score (nSPS) is 18.1. The second-order valence-corrected chi connectivity index (χ2v) is 7.27. The van der Waals surface area contributed by atoms with Crippen LogP contribution in [0.2, 0.25) is 0 Å². The molecule has 1 aliphatic heterocycles. The number of methoxy groups -OCH3 is 1. The number of hydrogen-bond acceptors (Lipinski definition) is 3. The van der Waals surface area contributed by atoms with Crippen molar-refractivity contribution in [2.24, 2.45) is 0 Å². The molecule has 1 amide bonds. The third kappa shape index (κ3) is 4.26. The first-order valence-corrected chi connectivity index (χ1v) is 8.78. The topological polar surface area (TPSA) is 47.6 Å². The monoisotopic (exact) mass is 351 g/mol. The van der Waals surface area contributed by atoms with Crippen molar-refractivity contribution in [1.82, 2.24) is 5.32 Å². The lowest BCUT2D eigenvalue weighted by Gasteiger charge is -2.38. The zero-order chi connectivity index (χ0) is 18.7. The Kier molecular flexibility index (Phi) is 5.03. The van der Waals surface area contributed by atoms with E-state index in [0.717, 1.165) is 34.6 Å². The van der Waals surface area contributed by atoms with Gasteiger partial charge in [-0.15, -0.1) is 0 Å². The summed E-state index contributed by atoms with van der Waals surface area (Å²) in [5.74, 6) is 1.52. The second kappa shape index (κ2) is 7.24. The summed E-state index contributed by atoms with van der Waals surface area (Å²) in [5.41, 5.74) is 2.82. The van der Waals surface area contributed by atoms with Gasteiger partial charge in [0, 0.05) is 18.1 Å². The van der Waals surface area contributed by atoms with Crippen LogP contribution in [-0.2, 0) is 4.79 Å². The molecular weight excluding hydrogens is 326 g/mol. The number of aryl methyl sites for hydroxylation is 1. The van der Waals surface area contributed by atoms with E-state index in [1.54, 1.807) is 19.3 Å². The van der Waals surface area contributed by atoms with E-state index in [1.807, 2.05) is 57.2 Å². The number of ether oxygens (including phenoxy) is 2. The number of fused-ring (bicyclic) bond motifs is 1. The highest BCUT2D eigenvalue weighted by atomic mass is 16.5. The molecule has 0 bridgehead atoms. The summed E-state index contributed by atoms with van der Waals surface area (Å²) in [6, 6.07) is 13.6. The molecule has 0 saturated heterocycles. The largest absolute Gasteiger partial charge is 0.497 e. The lowest BCUT2D eigenvalue weighted by Crippen LogP contribution is -2.41. The highest BCUT2D eigenvalue weighted by molar-refractivity contribution is 5.92. The van der Waals surface area contributed by atoms with Crippen LogP contribution in [0.3, 0.4) is 0 Å². The Bertz CT molecular complexity index is 822. The van der Waals surface area contributed by atoms with Crippen molar-refractivity contribution in [3.8, 4) is 11.5 Å². The zero-order valence-electron chi connectivity index (χ0n) is 15.7. The van der Waals surface area contributed by atoms with Crippen LogP contribution in [0.4, 0.5) is 0 Å². The van der Waals surface area contributed by atoms with Crippen molar-refractivity contribution in [3.05, 3.63) is 65.2 Å². The predicted octanol–water partition coefficient (Wildman–Crippen LogP) is 4.44. The van der Waals surface area contributed by atoms with Crippen LogP contribution >= 0.6 is 0 Å². The van der Waals surface area contributed by atoms with E-state index >= 15 is 0 Å². The smallest absolute Gasteiger partial charge is 0.244 e. The quantitative estimate of drug-likeness (QED) is 0.829. The van der Waals surface area contributed by atoms with Gasteiger partial charge in [0.05, 0.1) is 13.2 Å². The molecule has 26 heavy (non-hydrogen) atoms. The van der Waals surface area contributed by atoms with Gasteiger partial charge >= 0.3 is 0 Å². The third-order valence-electron chi connectivity index (χ3n) is 4.48. The Balaban J connectivity index is 1.74. The fourth-order valence-electron chi connectivity index (χ4n) is 3.21. The fraction of sp³-hybridized carbons (Fsp3) is 0.318. The van der Waals surface area contributed by atoms with Crippen LogP contribution in [-0.4, -0.2) is 18.6 Å². The zero-order valence-corrected chi connectivity index (χ0v) is 15.7. The number of carbonyl (C=O) groups is 1. The number of hydrogen-bond donors (Lipinski definition) is 1. The molecule has 136 valence electrons. The first-order valence-electron chi connectivity index (χ1n) is 8.78. The van der Waals surface area contributed by atoms with Gasteiger partial charge in [-0.2, -0.15) is 0 Å². The van der Waals surface area contributed by atoms with E-state index in [4.69, 9.17) is 9.47 Å². The van der Waals surface area contributed by atoms with Gasteiger partial charge < -0.3 is 14.8 Å². The van der Waals surface area contributed by atoms with E-state index in [1.165, 1.54) is 0 Å². The van der Waals surface area contributed by atoms with Crippen LogP contribution in [0.5, 0.6) is 11.5 Å². The molecule has 2 aromatic rings. The third-order valence-corrected chi connectivity index (χ3v) is 4.48. The summed E-state index contributed by atoms with van der Waals surface area (Å²) in [4.78, 5) is 12.5. The van der Waals surface area contributed by atoms with E-state index in [9.17, 15) is 4.79 Å². The highest BCUT2D eigenvalue weighted by Crippen LogP contribution is 2.39. The second-order valence-electron chi connectivity index (χ2n) is 7.27. The Morgan fingerprint density at radius 1 is 1.23 bits per heavy atom. The molecule has 1 N–H and O–H groups in total. The summed E-state index contributed by atoms with van der Waals surface area (Å²) in [5, 5.41) is 3.12. The minimum atomic E-state index is -0.320. The number of amides is 1. The maximum Gasteiger partial charge on any atom is 0.244 e. The molecule has 0 aliphatic carbocycles. The molecule has 3 rings (SSSR count). The predicted molar refractivity (Wildman–Crippen MR) is 103 cm³/mol. The molecule has 0 unspecified atom stereocenters. The van der Waals surface area contributed by atoms with Gasteiger partial charge in [-0.05, 0) is 50.6 Å². The Morgan fingerprint density at radius 2 is 1.96 bits per heavy atom. The lowest BCUT2D eigenvalue weighted by molar-refractivity contribution is -0.117. The van der Waals surface area contributed by atoms with Gasteiger partial charge in [0.15, 0.2) is 0 Å². The number of nitrogens with one attached hydrogen (secondary N) is 1. The molecule has 1 heterocycles. The minimum Gasteiger partial charge on any atom is -0.497 e. The molecule has 4 nitrogen and oxygen atoms in total. The molecule has 4 heteroatoms. The van der Waals surface area contributed by atoms with Gasteiger partial charge in [-0.3, -0.25) is 4.79 Å². The van der Waals surface area contributed by atoms with Gasteiger partial charge in [0.25, 0.3) is 0 Å². The first kappa shape index (κ1) is 18.1. The molecule has 0 radical (unpaired) electrons. The van der Waals surface area contributed by atoms with E-state index < -0.39 is 0 Å². The Labute approximate surface area is 154 Å². The molecule has 0 fully saturated rings. The first-order chi connectivity index (χ1) is 12.4. The van der Waals surface area contributed by atoms with Crippen molar-refractivity contribution >= 4 is 12.0 Å². The highest BCUT2D eigenvalue weighted by Gasteiger charge is 2.34. The number of benzene rings is 2. The maximum atomic E-state index is 12.5. The summed E-state index contributed by atoms with van der Waals surface area (Å²) in [6.07, 6.45) is 4.10. The van der Waals surface area contributed by atoms with Crippen LogP contribution in [0, 0.1) is 6.92 Å². The standard InChI is InChI=1S/C22H25NO3/c1-15-5-11-20-18(13-15)19(14-22(2,3)26-20)23-21(24)12-8-16-6-9-17(25-4)10-7-16/h5-13,19H,14H2,1-4H3,(H,23,24)/b12-8+/t19-/m1/s1. The molecule has 0 spiro atoms. The Hall–Kier alpha value is -2.75. The van der Waals surface area contributed by atoms with Gasteiger partial charge in [0.1, 0.15) is 17.1 Å². The molecule has 2 aromatic carbocycles. The molecule has 1 aliphatic rings. The van der Waals surface area contributed by atoms with Gasteiger partial charge in [-0.1, -0.05) is 29.8 Å². The van der Waals surface area contributed by atoms with Crippen molar-refractivity contribution in [3.63, 3.8) is 0 Å². The van der Waals surface area contributed by atoms with Gasteiger partial charge in [-0.25, -0.2) is 0 Å². The summed E-state index contributed by atoms with van der Waals surface area (Å²) >= 11 is 0. The molecular formula is C22H25NO3. The average Bonchev–Trinajstić information content (AvgIpc) is 2.60. The van der Waals surface area contributed by atoms with Gasteiger partial charge in [0.2, 0.25) is 5.91 Å². The molecule has 0 aromatic heterocycles. The summed E-state index contributed by atoms with van der Waals surface area (Å²) < 4.78 is 11.2. The minimum absolute atomic E-state index is 0.0679. The van der Waals surface area contributed by atoms with Crippen molar-refractivity contribution in [2.45, 2.75) is 38.8 Å². The molecule has 1 atom stereocenters. The maximum absolute atomic E-state index is 12.5. The van der Waals surface area contributed by atoms with Crippen molar-refractivity contribution in [2.75, 3.05) is 7.11 Å². The van der Waals surface area contributed by atoms with Crippen LogP contribution in [0.1, 0.15) is 43.0 Å². The summed E-state index contributed by atoms with van der Waals surface area (Å²) in [7, 11) is 1.63. The van der Waals surface area contributed by atoms with E-state index in [-0.39, 0.29) is 17.6 Å². The van der Waals surface area contributed by atoms with Crippen LogP contribution < -0.4 is 14.8 Å². The summed E-state index contributed by atoms with van der Waals surface area (Å²) in [6.45, 7) is 6.13. The fourth-order valence-corrected chi connectivity index (χ4v) is 3.21. The van der Waals surface area contributed by atoms with Crippen molar-refractivity contribution in [1.29, 1.82) is 0 Å². The van der Waals surface area contributed by atoms with Crippen molar-refractivity contribution < 1.29 is 14.3 Å². The Morgan fingerprint density at radius 3 is 2.65 bits per heavy atom. The number of carbonyl (C=O) groups excluding carboxylic acids is 1. The van der Waals surface area contributed by atoms with Crippen LogP contribution in [0.25, 0.3) is 6.08 Å². The SMILES string of the molecule is COc1ccc(/C=C/C(=O)N[C@@H]2CC(C)(C)Oc3ccc(C)cc32)cc1. The van der Waals surface area contributed by atoms with E-state index in [2.05, 4.69) is 11.4 Å². The lowest BCUT2D eigenvalue weighted by atomic mass is 9.89. The number of rotatable bonds is 4.